The van der Waals surface area contributed by atoms with E-state index < -0.39 is 0 Å². The van der Waals surface area contributed by atoms with Gasteiger partial charge in [0, 0.05) is 30.9 Å². The maximum Gasteiger partial charge on any atom is 0.291 e. The van der Waals surface area contributed by atoms with E-state index in [1.807, 2.05) is 11.9 Å². The molecule has 0 saturated carbocycles. The maximum atomic E-state index is 12.4. The minimum absolute atomic E-state index is 0. The number of hydrogen-bond acceptors (Lipinski definition) is 5. The van der Waals surface area contributed by atoms with Gasteiger partial charge in [0.1, 0.15) is 5.75 Å². The number of likely N-dealkylation sites (tertiary alicyclic amines) is 1. The molecule has 1 aliphatic heterocycles. The molecular formula is C19H24ClN3O4. The average molecular weight is 394 g/mol. The van der Waals surface area contributed by atoms with Crippen molar-refractivity contribution in [1.29, 1.82) is 0 Å². The maximum absolute atomic E-state index is 12.4. The second-order valence-electron chi connectivity index (χ2n) is 6.19. The lowest BCUT2D eigenvalue weighted by Gasteiger charge is -2.24. The molecule has 1 aliphatic rings. The van der Waals surface area contributed by atoms with E-state index in [-0.39, 0.29) is 42.6 Å². The molecule has 2 amide bonds. The van der Waals surface area contributed by atoms with Gasteiger partial charge in [-0.25, -0.2) is 0 Å². The lowest BCUT2D eigenvalue weighted by molar-refractivity contribution is -0.134. The van der Waals surface area contributed by atoms with Crippen LogP contribution in [0.5, 0.6) is 5.75 Å². The fourth-order valence-corrected chi connectivity index (χ4v) is 3.10. The third kappa shape index (κ3) is 5.48. The molecule has 1 aromatic heterocycles. The van der Waals surface area contributed by atoms with Gasteiger partial charge in [0.25, 0.3) is 11.8 Å². The first-order valence-electron chi connectivity index (χ1n) is 8.69. The number of nitrogens with zero attached hydrogens (tertiary/aromatic N) is 1. The van der Waals surface area contributed by atoms with E-state index in [1.54, 1.807) is 36.4 Å². The van der Waals surface area contributed by atoms with Gasteiger partial charge in [-0.1, -0.05) is 6.07 Å². The number of hydrogen-bond donors (Lipinski definition) is 2. The van der Waals surface area contributed by atoms with Gasteiger partial charge in [0.15, 0.2) is 12.4 Å². The highest BCUT2D eigenvalue weighted by atomic mass is 35.5. The lowest BCUT2D eigenvalue weighted by Crippen LogP contribution is -2.43. The first-order chi connectivity index (χ1) is 12.7. The molecule has 0 radical (unpaired) electrons. The predicted molar refractivity (Wildman–Crippen MR) is 105 cm³/mol. The second-order valence-corrected chi connectivity index (χ2v) is 6.19. The highest BCUT2D eigenvalue weighted by Crippen LogP contribution is 2.20. The number of furan rings is 1. The number of rotatable bonds is 7. The van der Waals surface area contributed by atoms with E-state index in [1.165, 1.54) is 6.26 Å². The zero-order chi connectivity index (χ0) is 18.4. The SMILES string of the molecule is CNCC1CCCN1C(=O)COc1cccc(NC(=O)c2ccco2)c1.Cl. The van der Waals surface area contributed by atoms with Crippen molar-refractivity contribution < 1.29 is 18.7 Å². The molecule has 2 heterocycles. The van der Waals surface area contributed by atoms with E-state index in [4.69, 9.17) is 9.15 Å². The topological polar surface area (TPSA) is 83.8 Å². The summed E-state index contributed by atoms with van der Waals surface area (Å²) in [5.41, 5.74) is 0.575. The van der Waals surface area contributed by atoms with Crippen molar-refractivity contribution in [3.8, 4) is 5.75 Å². The highest BCUT2D eigenvalue weighted by molar-refractivity contribution is 6.02. The number of carbonyl (C=O) groups is 2. The third-order valence-corrected chi connectivity index (χ3v) is 4.34. The first kappa shape index (κ1) is 20.8. The van der Waals surface area contributed by atoms with Crippen LogP contribution in [0.1, 0.15) is 23.4 Å². The Balaban J connectivity index is 0.00000261. The Kier molecular flexibility index (Phi) is 7.69. The van der Waals surface area contributed by atoms with Crippen LogP contribution >= 0.6 is 12.4 Å². The van der Waals surface area contributed by atoms with Crippen molar-refractivity contribution in [2.75, 3.05) is 32.1 Å². The minimum atomic E-state index is -0.338. The second kappa shape index (κ2) is 9.99. The van der Waals surface area contributed by atoms with Crippen LogP contribution in [0.3, 0.4) is 0 Å². The van der Waals surface area contributed by atoms with Crippen LogP contribution in [0.25, 0.3) is 0 Å². The molecular weight excluding hydrogens is 370 g/mol. The zero-order valence-electron chi connectivity index (χ0n) is 15.1. The number of ether oxygens (including phenoxy) is 1. The molecule has 1 atom stereocenters. The van der Waals surface area contributed by atoms with E-state index in [2.05, 4.69) is 10.6 Å². The molecule has 8 heteroatoms. The molecule has 146 valence electrons. The number of halogens is 1. The molecule has 7 nitrogen and oxygen atoms in total. The van der Waals surface area contributed by atoms with Gasteiger partial charge in [0.05, 0.1) is 6.26 Å². The standard InChI is InChI=1S/C19H23N3O4.ClH/c1-20-12-15-6-3-9-22(15)18(23)13-26-16-7-2-5-14(11-16)21-19(24)17-8-4-10-25-17;/h2,4-5,7-8,10-11,15,20H,3,6,9,12-13H2,1H3,(H,21,24);1H. The molecule has 1 fully saturated rings. The predicted octanol–water partition coefficient (Wildman–Crippen LogP) is 2.54. The fraction of sp³-hybridized carbons (Fsp3) is 0.368. The summed E-state index contributed by atoms with van der Waals surface area (Å²) in [6, 6.07) is 10.4. The van der Waals surface area contributed by atoms with Gasteiger partial charge in [-0.3, -0.25) is 9.59 Å². The summed E-state index contributed by atoms with van der Waals surface area (Å²) >= 11 is 0. The van der Waals surface area contributed by atoms with Crippen LogP contribution in [-0.4, -0.2) is 49.5 Å². The number of anilines is 1. The van der Waals surface area contributed by atoms with E-state index in [0.29, 0.717) is 11.4 Å². The molecule has 0 spiro atoms. The quantitative estimate of drug-likeness (QED) is 0.755. The Morgan fingerprint density at radius 2 is 2.15 bits per heavy atom. The molecule has 2 N–H and O–H groups in total. The molecule has 1 aromatic carbocycles. The van der Waals surface area contributed by atoms with Crippen molar-refractivity contribution in [2.45, 2.75) is 18.9 Å². The van der Waals surface area contributed by atoms with E-state index in [0.717, 1.165) is 25.9 Å². The van der Waals surface area contributed by atoms with Crippen molar-refractivity contribution >= 4 is 29.9 Å². The Labute approximate surface area is 164 Å². The Hall–Kier alpha value is -2.51. The summed E-state index contributed by atoms with van der Waals surface area (Å²) in [6.45, 7) is 1.55. The molecule has 0 bridgehead atoms. The number of carbonyl (C=O) groups excluding carboxylic acids is 2. The first-order valence-corrected chi connectivity index (χ1v) is 8.69. The van der Waals surface area contributed by atoms with Crippen LogP contribution < -0.4 is 15.4 Å². The Morgan fingerprint density at radius 3 is 2.89 bits per heavy atom. The largest absolute Gasteiger partial charge is 0.484 e. The normalized spacial score (nSPS) is 15.9. The third-order valence-electron chi connectivity index (χ3n) is 4.34. The van der Waals surface area contributed by atoms with Gasteiger partial charge >= 0.3 is 0 Å². The number of likely N-dealkylation sites (N-methyl/N-ethyl adjacent to an activating group) is 1. The number of benzene rings is 1. The summed E-state index contributed by atoms with van der Waals surface area (Å²) in [7, 11) is 1.89. The summed E-state index contributed by atoms with van der Waals surface area (Å²) in [6.07, 6.45) is 3.48. The monoisotopic (exact) mass is 393 g/mol. The van der Waals surface area contributed by atoms with Crippen LogP contribution in [0.4, 0.5) is 5.69 Å². The van der Waals surface area contributed by atoms with E-state index in [9.17, 15) is 9.59 Å². The highest BCUT2D eigenvalue weighted by Gasteiger charge is 2.28. The van der Waals surface area contributed by atoms with Crippen molar-refractivity contribution in [3.05, 3.63) is 48.4 Å². The lowest BCUT2D eigenvalue weighted by atomic mass is 10.2. The molecule has 0 aliphatic carbocycles. The summed E-state index contributed by atoms with van der Waals surface area (Å²) < 4.78 is 10.7. The van der Waals surface area contributed by atoms with Crippen LogP contribution in [-0.2, 0) is 4.79 Å². The number of amides is 2. The summed E-state index contributed by atoms with van der Waals surface area (Å²) in [5, 5.41) is 5.86. The average Bonchev–Trinajstić information content (AvgIpc) is 3.32. The van der Waals surface area contributed by atoms with Gasteiger partial charge < -0.3 is 24.7 Å². The fourth-order valence-electron chi connectivity index (χ4n) is 3.10. The molecule has 27 heavy (non-hydrogen) atoms. The van der Waals surface area contributed by atoms with Crippen molar-refractivity contribution in [2.24, 2.45) is 0 Å². The number of nitrogens with one attached hydrogen (secondary N) is 2. The molecule has 3 rings (SSSR count). The van der Waals surface area contributed by atoms with Crippen LogP contribution in [0.2, 0.25) is 0 Å². The van der Waals surface area contributed by atoms with Crippen molar-refractivity contribution in [1.82, 2.24) is 10.2 Å². The van der Waals surface area contributed by atoms with Crippen LogP contribution in [0.15, 0.2) is 47.1 Å². The van der Waals surface area contributed by atoms with Gasteiger partial charge in [-0.15, -0.1) is 12.4 Å². The summed E-state index contributed by atoms with van der Waals surface area (Å²) in [4.78, 5) is 26.3. The van der Waals surface area contributed by atoms with Crippen LogP contribution in [0, 0.1) is 0 Å². The molecule has 2 aromatic rings. The smallest absolute Gasteiger partial charge is 0.291 e. The Bertz CT molecular complexity index is 751. The molecule has 1 saturated heterocycles. The van der Waals surface area contributed by atoms with Gasteiger partial charge in [0.2, 0.25) is 0 Å². The van der Waals surface area contributed by atoms with Crippen molar-refractivity contribution in [3.63, 3.8) is 0 Å². The molecule has 1 unspecified atom stereocenters. The Morgan fingerprint density at radius 1 is 1.30 bits per heavy atom. The minimum Gasteiger partial charge on any atom is -0.484 e. The van der Waals surface area contributed by atoms with E-state index >= 15 is 0 Å². The zero-order valence-corrected chi connectivity index (χ0v) is 16.0. The summed E-state index contributed by atoms with van der Waals surface area (Å²) in [5.74, 6) is 0.402. The van der Waals surface area contributed by atoms with Gasteiger partial charge in [-0.05, 0) is 44.2 Å². The van der Waals surface area contributed by atoms with Gasteiger partial charge in [-0.2, -0.15) is 0 Å².